The van der Waals surface area contributed by atoms with Crippen molar-refractivity contribution in [2.45, 2.75) is 117 Å². The summed E-state index contributed by atoms with van der Waals surface area (Å²) in [7, 11) is 0. The molecule has 0 radical (unpaired) electrons. The number of hydrogen-bond acceptors (Lipinski definition) is 10. The number of hydrogen-bond donors (Lipinski definition) is 2. The van der Waals surface area contributed by atoms with E-state index in [4.69, 9.17) is 42.7 Å². The zero-order chi connectivity index (χ0) is 49.0. The van der Waals surface area contributed by atoms with Crippen LogP contribution in [0.1, 0.15) is 149 Å². The number of aromatic nitrogens is 6. The van der Waals surface area contributed by atoms with Gasteiger partial charge in [-0.05, 0) is 101 Å². The van der Waals surface area contributed by atoms with Crippen LogP contribution in [0.15, 0.2) is 94.9 Å². The highest BCUT2D eigenvalue weighted by molar-refractivity contribution is 6.31. The third kappa shape index (κ3) is 12.1. The van der Waals surface area contributed by atoms with Crippen LogP contribution in [-0.2, 0) is 9.59 Å². The summed E-state index contributed by atoms with van der Waals surface area (Å²) >= 11 is 12.6. The Bertz CT molecular complexity index is 2630. The predicted molar refractivity (Wildman–Crippen MR) is 276 cm³/mol. The van der Waals surface area contributed by atoms with Gasteiger partial charge in [0.2, 0.25) is 11.8 Å². The van der Waals surface area contributed by atoms with Crippen molar-refractivity contribution >= 4 is 46.4 Å². The fourth-order valence-corrected chi connectivity index (χ4v) is 9.42. The van der Waals surface area contributed by atoms with Crippen molar-refractivity contribution in [3.05, 3.63) is 141 Å². The Morgan fingerprint density at radius 2 is 0.900 bits per heavy atom. The number of nitrogens with zero attached hydrogens (tertiary/aromatic N) is 8. The van der Waals surface area contributed by atoms with Crippen molar-refractivity contribution in [2.75, 3.05) is 26.3 Å². The lowest BCUT2D eigenvalue weighted by atomic mass is 10.00. The summed E-state index contributed by atoms with van der Waals surface area (Å²) < 4.78 is 16.7. The number of fused-ring (bicyclic) bond motifs is 6. The number of benzene rings is 4. The summed E-state index contributed by atoms with van der Waals surface area (Å²) in [6, 6.07) is 26.3. The van der Waals surface area contributed by atoms with E-state index in [2.05, 4.69) is 31.0 Å². The lowest BCUT2D eigenvalue weighted by Crippen LogP contribution is -2.25. The third-order valence-corrected chi connectivity index (χ3v) is 13.1. The van der Waals surface area contributed by atoms with Gasteiger partial charge in [-0.15, -0.1) is 20.4 Å². The van der Waals surface area contributed by atoms with E-state index < -0.39 is 12.1 Å². The molecule has 2 atom stereocenters. The van der Waals surface area contributed by atoms with E-state index in [0.717, 1.165) is 93.9 Å². The van der Waals surface area contributed by atoms with Gasteiger partial charge in [-0.1, -0.05) is 98.8 Å². The zero-order valence-electron chi connectivity index (χ0n) is 40.5. The Morgan fingerprint density at radius 3 is 1.27 bits per heavy atom. The SMILES string of the molecule is CCNC(=O)CC1N=C(c2ccc(Cl)cc2)c2cc(OCCCCCCCCCCCCOc3ccc4c(c3)C(c3ccc(Cl)cc3)=NC(CC(=O)NCC)c3nnc(C)n3-4)ccc2-n2c(C)nnc21. The molecule has 366 valence electrons. The van der Waals surface area contributed by atoms with Gasteiger partial charge >= 0.3 is 0 Å². The second kappa shape index (κ2) is 24.0. The van der Waals surface area contributed by atoms with E-state index in [1.807, 2.05) is 122 Å². The molecule has 2 aliphatic heterocycles. The van der Waals surface area contributed by atoms with E-state index in [1.165, 1.54) is 38.5 Å². The van der Waals surface area contributed by atoms with Gasteiger partial charge in [-0.3, -0.25) is 28.7 Å². The highest BCUT2D eigenvalue weighted by atomic mass is 35.5. The first-order valence-electron chi connectivity index (χ1n) is 24.7. The van der Waals surface area contributed by atoms with Crippen LogP contribution >= 0.6 is 23.2 Å². The van der Waals surface area contributed by atoms with Crippen molar-refractivity contribution in [3.63, 3.8) is 0 Å². The summed E-state index contributed by atoms with van der Waals surface area (Å²) in [5.41, 5.74) is 6.83. The first-order chi connectivity index (χ1) is 34.1. The van der Waals surface area contributed by atoms with Gasteiger partial charge in [-0.25, -0.2) is 0 Å². The van der Waals surface area contributed by atoms with E-state index in [1.54, 1.807) is 0 Å². The second-order valence-electron chi connectivity index (χ2n) is 17.8. The van der Waals surface area contributed by atoms with Crippen molar-refractivity contribution in [1.82, 2.24) is 40.2 Å². The summed E-state index contributed by atoms with van der Waals surface area (Å²) in [5.74, 6) is 4.04. The van der Waals surface area contributed by atoms with Gasteiger partial charge in [0.25, 0.3) is 0 Å². The number of aliphatic imine (C=N–C) groups is 2. The van der Waals surface area contributed by atoms with Crippen molar-refractivity contribution in [2.24, 2.45) is 9.98 Å². The molecule has 16 heteroatoms. The van der Waals surface area contributed by atoms with Gasteiger partial charge in [0.15, 0.2) is 11.6 Å². The van der Waals surface area contributed by atoms with E-state index in [9.17, 15) is 9.59 Å². The van der Waals surface area contributed by atoms with Crippen LogP contribution in [0.2, 0.25) is 10.0 Å². The molecule has 2 amide bonds. The van der Waals surface area contributed by atoms with Gasteiger partial charge in [0.05, 0.1) is 48.9 Å². The fraction of sp³-hybridized carbons (Fsp3) is 0.407. The van der Waals surface area contributed by atoms with Crippen LogP contribution < -0.4 is 20.1 Å². The van der Waals surface area contributed by atoms with Crippen molar-refractivity contribution in [1.29, 1.82) is 0 Å². The topological polar surface area (TPSA) is 163 Å². The quantitative estimate of drug-likeness (QED) is 0.0599. The number of carbonyl (C=O) groups excluding carboxylic acids is 2. The Hall–Kier alpha value is -6.38. The molecular weight excluding hydrogens is 924 g/mol. The maximum Gasteiger partial charge on any atom is 0.222 e. The maximum atomic E-state index is 12.8. The fourth-order valence-electron chi connectivity index (χ4n) is 9.17. The molecule has 4 heterocycles. The van der Waals surface area contributed by atoms with Gasteiger partial charge in [0.1, 0.15) is 35.2 Å². The van der Waals surface area contributed by atoms with E-state index in [-0.39, 0.29) is 24.7 Å². The molecule has 8 rings (SSSR count). The lowest BCUT2D eigenvalue weighted by Gasteiger charge is -2.15. The van der Waals surface area contributed by atoms with E-state index in [0.29, 0.717) is 48.0 Å². The minimum absolute atomic E-state index is 0.0940. The standard InChI is InChI=1S/C54H62Cl2N10O4/c1-5-57-49(67)33-45-53-63-61-35(3)65(53)47-27-25-41(31-43(47)51(59-45)37-17-21-39(55)22-18-37)69-29-15-13-11-9-7-8-10-12-14-16-30-70-42-26-28-48-44(32-42)52(38-19-23-40(56)24-20-38)60-46(34-50(68)58-6-2)54-64-62-36(4)66(48)54/h17-28,31-32,45-46H,5-16,29-30,33-34H2,1-4H3,(H,57,67)(H,58,68). The zero-order valence-corrected chi connectivity index (χ0v) is 42.0. The number of unbranched alkanes of at least 4 members (excludes halogenated alkanes) is 9. The van der Waals surface area contributed by atoms with E-state index >= 15 is 0 Å². The molecule has 0 spiro atoms. The minimum atomic E-state index is -0.528. The molecule has 70 heavy (non-hydrogen) atoms. The Kier molecular flexibility index (Phi) is 17.1. The van der Waals surface area contributed by atoms with Crippen LogP contribution in [0.5, 0.6) is 11.5 Å². The maximum absolute atomic E-state index is 12.8. The molecular formula is C54H62Cl2N10O4. The summed E-state index contributed by atoms with van der Waals surface area (Å²) in [5, 5.41) is 24.8. The van der Waals surface area contributed by atoms with Crippen LogP contribution in [0.4, 0.5) is 0 Å². The first-order valence-corrected chi connectivity index (χ1v) is 25.5. The minimum Gasteiger partial charge on any atom is -0.494 e. The molecule has 6 aromatic rings. The van der Waals surface area contributed by atoms with Crippen LogP contribution in [0.25, 0.3) is 11.4 Å². The molecule has 2 aliphatic rings. The van der Waals surface area contributed by atoms with Crippen molar-refractivity contribution in [3.8, 4) is 22.9 Å². The highest BCUT2D eigenvalue weighted by Crippen LogP contribution is 2.37. The third-order valence-electron chi connectivity index (χ3n) is 12.6. The number of nitrogens with one attached hydrogen (secondary N) is 2. The number of ether oxygens (including phenoxy) is 2. The molecule has 2 N–H and O–H groups in total. The Labute approximate surface area is 420 Å². The highest BCUT2D eigenvalue weighted by Gasteiger charge is 2.32. The number of halogens is 2. The molecule has 0 saturated heterocycles. The Morgan fingerprint density at radius 1 is 0.529 bits per heavy atom. The summed E-state index contributed by atoms with van der Waals surface area (Å²) in [6.45, 7) is 9.95. The largest absolute Gasteiger partial charge is 0.494 e. The number of aryl methyl sites for hydroxylation is 2. The normalized spacial score (nSPS) is 14.8. The molecule has 0 saturated carbocycles. The second-order valence-corrected chi connectivity index (χ2v) is 18.7. The number of amides is 2. The molecule has 14 nitrogen and oxygen atoms in total. The van der Waals surface area contributed by atoms with Crippen LogP contribution in [-0.4, -0.2) is 79.1 Å². The number of carbonyl (C=O) groups is 2. The molecule has 0 fully saturated rings. The van der Waals surface area contributed by atoms with Gasteiger partial charge in [-0.2, -0.15) is 0 Å². The molecule has 0 aliphatic carbocycles. The van der Waals surface area contributed by atoms with Crippen LogP contribution in [0, 0.1) is 13.8 Å². The Balaban J connectivity index is 0.779. The average Bonchev–Trinajstić information content (AvgIpc) is 3.86. The van der Waals surface area contributed by atoms with Gasteiger partial charge in [0, 0.05) is 45.4 Å². The smallest absolute Gasteiger partial charge is 0.222 e. The first kappa shape index (κ1) is 50.0. The average molecular weight is 986 g/mol. The summed E-state index contributed by atoms with van der Waals surface area (Å²) in [6.07, 6.45) is 11.7. The summed E-state index contributed by atoms with van der Waals surface area (Å²) in [4.78, 5) is 36.0. The molecule has 0 bridgehead atoms. The van der Waals surface area contributed by atoms with Crippen molar-refractivity contribution < 1.29 is 19.1 Å². The molecule has 2 unspecified atom stereocenters. The predicted octanol–water partition coefficient (Wildman–Crippen LogP) is 11.0. The lowest BCUT2D eigenvalue weighted by molar-refractivity contribution is -0.122. The number of rotatable bonds is 23. The molecule has 4 aromatic carbocycles. The molecule has 2 aromatic heterocycles. The van der Waals surface area contributed by atoms with Gasteiger partial charge < -0.3 is 20.1 Å². The van der Waals surface area contributed by atoms with Crippen LogP contribution in [0.3, 0.4) is 0 Å². The monoisotopic (exact) mass is 984 g/mol.